The van der Waals surface area contributed by atoms with E-state index in [1.54, 1.807) is 0 Å². The molecule has 0 atom stereocenters. The van der Waals surface area contributed by atoms with Gasteiger partial charge in [-0.05, 0) is 0 Å². The van der Waals surface area contributed by atoms with Crippen molar-refractivity contribution in [1.82, 2.24) is 0 Å². The van der Waals surface area contributed by atoms with Crippen molar-refractivity contribution in [2.24, 2.45) is 0 Å². The molecule has 1 rings (SSSR count). The van der Waals surface area contributed by atoms with Crippen LogP contribution in [0.4, 0.5) is 0 Å². The average molecular weight is 154 g/mol. The Kier molecular flexibility index (Phi) is 3.43. The molecule has 1 fully saturated rings. The van der Waals surface area contributed by atoms with Crippen molar-refractivity contribution in [3.05, 3.63) is 0 Å². The molecule has 1 aliphatic rings. The van der Waals surface area contributed by atoms with E-state index in [9.17, 15) is 0 Å². The maximum atomic E-state index is 8.35. The van der Waals surface area contributed by atoms with Gasteiger partial charge >= 0.3 is 37.7 Å². The van der Waals surface area contributed by atoms with Gasteiger partial charge in [-0.25, -0.2) is 0 Å². The average Bonchev–Trinajstić information content (AvgIpc) is 2.22. The van der Waals surface area contributed by atoms with Crippen molar-refractivity contribution in [2.75, 3.05) is 7.11 Å². The van der Waals surface area contributed by atoms with E-state index in [0.717, 1.165) is 0 Å². The van der Waals surface area contributed by atoms with Crippen LogP contribution >= 0.6 is 11.2 Å². The second kappa shape index (κ2) is 2.84. The SMILES string of the molecule is COS1(O)OO1.[Ca+2].[H-].[H-]. The van der Waals surface area contributed by atoms with Crippen LogP contribution in [0.3, 0.4) is 0 Å². The molecule has 0 unspecified atom stereocenters. The molecular formula is CH6CaO4S. The van der Waals surface area contributed by atoms with Crippen LogP contribution in [-0.4, -0.2) is 49.4 Å². The topological polar surface area (TPSA) is 54.5 Å². The minimum absolute atomic E-state index is 0. The first-order chi connectivity index (χ1) is 2.77. The molecule has 1 aliphatic heterocycles. The van der Waals surface area contributed by atoms with E-state index in [-0.39, 0.29) is 40.6 Å². The van der Waals surface area contributed by atoms with E-state index in [1.165, 1.54) is 7.11 Å². The normalized spacial score (nSPS) is 27.7. The zero-order chi connectivity index (χ0) is 4.62. The molecule has 0 aromatic carbocycles. The Balaban J connectivity index is -0.000000120. The number of hydrogen-bond acceptors (Lipinski definition) is 4. The molecule has 42 valence electrons. The Morgan fingerprint density at radius 2 is 2.14 bits per heavy atom. The van der Waals surface area contributed by atoms with E-state index < -0.39 is 11.2 Å². The van der Waals surface area contributed by atoms with Crippen LogP contribution in [0.15, 0.2) is 0 Å². The zero-order valence-electron chi connectivity index (χ0n) is 5.79. The summed E-state index contributed by atoms with van der Waals surface area (Å²) in [4.78, 5) is 0. The van der Waals surface area contributed by atoms with Gasteiger partial charge in [0.25, 0.3) is 11.2 Å². The van der Waals surface area contributed by atoms with E-state index in [1.807, 2.05) is 0 Å². The smallest absolute Gasteiger partial charge is 1.00 e. The first-order valence-electron chi connectivity index (χ1n) is 1.26. The summed E-state index contributed by atoms with van der Waals surface area (Å²) in [7, 11) is 1.31. The van der Waals surface area contributed by atoms with Gasteiger partial charge in [0.15, 0.2) is 0 Å². The van der Waals surface area contributed by atoms with Crippen molar-refractivity contribution < 1.29 is 20.3 Å². The largest absolute Gasteiger partial charge is 2.00 e. The summed E-state index contributed by atoms with van der Waals surface area (Å²) in [5, 5.41) is 0. The van der Waals surface area contributed by atoms with Crippen molar-refractivity contribution in [2.45, 2.75) is 0 Å². The molecule has 0 aromatic rings. The summed E-state index contributed by atoms with van der Waals surface area (Å²) in [6, 6.07) is 0. The molecule has 4 nitrogen and oxygen atoms in total. The molecule has 1 saturated heterocycles. The van der Waals surface area contributed by atoms with Gasteiger partial charge < -0.3 is 2.85 Å². The fourth-order valence-corrected chi connectivity index (χ4v) is 0.381. The Labute approximate surface area is 75.8 Å². The van der Waals surface area contributed by atoms with Crippen LogP contribution in [0.1, 0.15) is 2.85 Å². The van der Waals surface area contributed by atoms with Crippen LogP contribution in [0.2, 0.25) is 0 Å². The summed E-state index contributed by atoms with van der Waals surface area (Å²) >= 11 is -2.41. The van der Waals surface area contributed by atoms with Crippen LogP contribution in [0, 0.1) is 0 Å². The Bertz CT molecular complexity index is 69.6. The predicted octanol–water partition coefficient (Wildman–Crippen LogP) is 0.461. The molecule has 0 radical (unpaired) electrons. The maximum Gasteiger partial charge on any atom is 2.00 e. The molecule has 0 amide bonds. The van der Waals surface area contributed by atoms with Gasteiger partial charge in [0, 0.05) is 0 Å². The zero-order valence-corrected chi connectivity index (χ0v) is 6.81. The standard InChI is InChI=1S/CH4O4S.Ca.2H/c1-3-6(2)4-5-6;;;/h2H,1H3;;;/q;+2;2*-1. The Morgan fingerprint density at radius 3 is 2.14 bits per heavy atom. The Hall–Kier alpha value is 1.45. The fourth-order valence-electron chi connectivity index (χ4n) is 0.0793. The van der Waals surface area contributed by atoms with Crippen LogP contribution in [-0.2, 0) is 12.9 Å². The van der Waals surface area contributed by atoms with Gasteiger partial charge in [0.05, 0.1) is 7.11 Å². The molecular weight excluding hydrogens is 148 g/mol. The van der Waals surface area contributed by atoms with Gasteiger partial charge in [-0.2, -0.15) is 0 Å². The fraction of sp³-hybridized carbons (Fsp3) is 1.00. The van der Waals surface area contributed by atoms with Gasteiger partial charge in [-0.3, -0.25) is 8.74 Å². The molecule has 7 heavy (non-hydrogen) atoms. The van der Waals surface area contributed by atoms with Crippen LogP contribution in [0.25, 0.3) is 0 Å². The quantitative estimate of drug-likeness (QED) is 0.339. The predicted molar refractivity (Wildman–Crippen MR) is 27.4 cm³/mol. The minimum Gasteiger partial charge on any atom is -1.00 e. The van der Waals surface area contributed by atoms with Gasteiger partial charge in [-0.15, -0.1) is 0 Å². The van der Waals surface area contributed by atoms with E-state index >= 15 is 0 Å². The van der Waals surface area contributed by atoms with E-state index in [2.05, 4.69) is 12.9 Å². The van der Waals surface area contributed by atoms with Gasteiger partial charge in [0.1, 0.15) is 0 Å². The Morgan fingerprint density at radius 1 is 1.71 bits per heavy atom. The third-order valence-corrected chi connectivity index (χ3v) is 1.19. The third-order valence-electron chi connectivity index (χ3n) is 0.395. The molecule has 0 aromatic heterocycles. The molecule has 0 saturated carbocycles. The second-order valence-corrected chi connectivity index (χ2v) is 2.19. The monoisotopic (exact) mass is 154 g/mol. The van der Waals surface area contributed by atoms with Crippen molar-refractivity contribution in [3.8, 4) is 0 Å². The van der Waals surface area contributed by atoms with Gasteiger partial charge in [0.2, 0.25) is 0 Å². The maximum absolute atomic E-state index is 8.35. The summed E-state index contributed by atoms with van der Waals surface area (Å²) in [5.74, 6) is 0. The molecule has 0 aliphatic carbocycles. The van der Waals surface area contributed by atoms with Crippen LogP contribution in [0.5, 0.6) is 0 Å². The summed E-state index contributed by atoms with van der Waals surface area (Å²) in [6.07, 6.45) is 0. The van der Waals surface area contributed by atoms with Crippen molar-refractivity contribution in [1.29, 1.82) is 0 Å². The summed E-state index contributed by atoms with van der Waals surface area (Å²) in [6.45, 7) is 0. The van der Waals surface area contributed by atoms with Crippen molar-refractivity contribution in [3.63, 3.8) is 0 Å². The molecule has 6 heteroatoms. The van der Waals surface area contributed by atoms with E-state index in [0.29, 0.717) is 0 Å². The molecule has 1 N–H and O–H groups in total. The van der Waals surface area contributed by atoms with Crippen molar-refractivity contribution >= 4 is 48.9 Å². The summed E-state index contributed by atoms with van der Waals surface area (Å²) in [5.41, 5.74) is 0. The first-order valence-corrected chi connectivity index (χ1v) is 2.62. The number of rotatable bonds is 1. The minimum atomic E-state index is -2.41. The van der Waals surface area contributed by atoms with E-state index in [4.69, 9.17) is 4.55 Å². The third kappa shape index (κ3) is 2.48. The molecule has 0 spiro atoms. The molecule has 0 bridgehead atoms. The second-order valence-electron chi connectivity index (χ2n) is 0.730. The molecule has 1 heterocycles. The van der Waals surface area contributed by atoms with Crippen LogP contribution < -0.4 is 0 Å². The summed E-state index contributed by atoms with van der Waals surface area (Å²) < 4.78 is 20.5. The number of hydrogen-bond donors (Lipinski definition) is 1. The first kappa shape index (κ1) is 8.45. The van der Waals surface area contributed by atoms with Gasteiger partial charge in [-0.1, -0.05) is 8.67 Å².